The van der Waals surface area contributed by atoms with Gasteiger partial charge < -0.3 is 45.3 Å². The fourth-order valence-electron chi connectivity index (χ4n) is 8.54. The average molecular weight is 823 g/mol. The zero-order chi connectivity index (χ0) is 40.4. The molecular weight excluding hydrogens is 765 g/mol. The first kappa shape index (κ1) is 42.6. The van der Waals surface area contributed by atoms with Crippen molar-refractivity contribution in [3.8, 4) is 28.7 Å². The molecule has 3 heterocycles. The van der Waals surface area contributed by atoms with E-state index in [2.05, 4.69) is 22.2 Å². The Morgan fingerprint density at radius 2 is 1.95 bits per heavy atom. The van der Waals surface area contributed by atoms with E-state index >= 15 is 0 Å². The van der Waals surface area contributed by atoms with Gasteiger partial charge in [-0.25, -0.2) is 0 Å². The Bertz CT molecular complexity index is 1840. The van der Waals surface area contributed by atoms with Gasteiger partial charge in [0.1, 0.15) is 12.2 Å². The largest absolute Gasteiger partial charge is 0.504 e. The van der Waals surface area contributed by atoms with Crippen LogP contribution in [0.2, 0.25) is 0 Å². The third-order valence-electron chi connectivity index (χ3n) is 11.5. The van der Waals surface area contributed by atoms with E-state index in [9.17, 15) is 20.1 Å². The summed E-state index contributed by atoms with van der Waals surface area (Å²) in [4.78, 5) is 20.9. The summed E-state index contributed by atoms with van der Waals surface area (Å²) in [6.45, 7) is 3.88. The number of unbranched alkanes of at least 4 members (excludes halogenated alkanes) is 2. The Balaban J connectivity index is 1.36. The number of aromatic hydroxyl groups is 3. The molecule has 12 nitrogen and oxygen atoms in total. The number of fused-ring (bicyclic) bond motifs is 4. The van der Waals surface area contributed by atoms with Gasteiger partial charge in [0.05, 0.1) is 24.4 Å². The SMILES string of the molecule is CCCCC[C@]1([C@@H]2C[C@@H](OC(C)=O)C[C@@H](c3cc(O)c(O)c(OCCc4cccnc4)c3)O2)CSSC[C@@]2(NC(N)=NC)CCC[C@H](C2)Oc2cc(ccc2O)C1. The number of phenolic OH excluding ortho intramolecular Hbond substituents is 3. The number of carbonyl (C=O) groups excluding carboxylic acids is 1. The fourth-order valence-corrected chi connectivity index (χ4v) is 11.8. The van der Waals surface area contributed by atoms with Crippen LogP contribution in [0.1, 0.15) is 101 Å². The van der Waals surface area contributed by atoms with Crippen LogP contribution < -0.4 is 20.5 Å². The number of carbonyl (C=O) groups is 1. The van der Waals surface area contributed by atoms with Crippen LogP contribution in [0.3, 0.4) is 0 Å². The molecule has 2 aromatic carbocycles. The van der Waals surface area contributed by atoms with Crippen LogP contribution in [0, 0.1) is 5.41 Å². The van der Waals surface area contributed by atoms with Crippen molar-refractivity contribution in [1.29, 1.82) is 0 Å². The second-order valence-electron chi connectivity index (χ2n) is 15.8. The highest BCUT2D eigenvalue weighted by atomic mass is 33.1. The van der Waals surface area contributed by atoms with Crippen LogP contribution in [0.4, 0.5) is 0 Å². The number of esters is 1. The standard InChI is InChI=1S/C43H58N4O8S2/c1-4-5-6-14-42(23-30-11-12-34(49)37(18-30)54-32-10-7-15-43(24-32,27-57-56-26-42)47-41(44)45-3)39-22-33(53-28(2)48)21-36(55-39)31-19-35(50)40(51)38(20-31)52-17-13-29-9-8-16-46-25-29/h8-9,11-12,16,18-20,25,32-33,36,39,49-51H,4-7,10,13-15,17,21-24,26-27H2,1-3H3,(H3,44,45,47)/t32-,33+,36+,39+,42-,43-/m1/s1. The maximum atomic E-state index is 12.5. The third kappa shape index (κ3) is 11.1. The lowest BCUT2D eigenvalue weighted by Crippen LogP contribution is -2.57. The topological polar surface area (TPSA) is 178 Å². The van der Waals surface area contributed by atoms with Crippen LogP contribution >= 0.6 is 21.6 Å². The van der Waals surface area contributed by atoms with E-state index in [1.54, 1.807) is 31.6 Å². The molecule has 57 heavy (non-hydrogen) atoms. The number of pyridine rings is 1. The number of ether oxygens (including phenoxy) is 4. The zero-order valence-corrected chi connectivity index (χ0v) is 34.9. The van der Waals surface area contributed by atoms with Gasteiger partial charge in [0.15, 0.2) is 29.0 Å². The molecule has 2 aliphatic heterocycles. The van der Waals surface area contributed by atoms with Crippen molar-refractivity contribution in [3.05, 3.63) is 71.5 Å². The molecule has 0 amide bonds. The Morgan fingerprint density at radius 1 is 1.11 bits per heavy atom. The first-order valence-electron chi connectivity index (χ1n) is 20.1. The number of nitrogens with one attached hydrogen (secondary N) is 1. The summed E-state index contributed by atoms with van der Waals surface area (Å²) in [6.07, 6.45) is 11.4. The third-order valence-corrected chi connectivity index (χ3v) is 14.2. The molecule has 6 rings (SSSR count). The molecule has 310 valence electrons. The van der Waals surface area contributed by atoms with E-state index in [0.717, 1.165) is 67.6 Å². The van der Waals surface area contributed by atoms with Gasteiger partial charge in [-0.1, -0.05) is 59.9 Å². The van der Waals surface area contributed by atoms with Gasteiger partial charge >= 0.3 is 5.97 Å². The van der Waals surface area contributed by atoms with Crippen molar-refractivity contribution in [2.24, 2.45) is 16.1 Å². The molecule has 0 unspecified atom stereocenters. The highest BCUT2D eigenvalue weighted by molar-refractivity contribution is 8.76. The van der Waals surface area contributed by atoms with E-state index in [-0.39, 0.29) is 53.3 Å². The fraction of sp³-hybridized carbons (Fsp3) is 0.558. The van der Waals surface area contributed by atoms with Gasteiger partial charge in [-0.3, -0.25) is 14.8 Å². The van der Waals surface area contributed by atoms with Crippen LogP contribution in [0.25, 0.3) is 0 Å². The molecule has 1 saturated heterocycles. The summed E-state index contributed by atoms with van der Waals surface area (Å²) in [7, 11) is 5.32. The molecule has 3 aliphatic rings. The molecule has 1 aliphatic carbocycles. The lowest BCUT2D eigenvalue weighted by atomic mass is 9.71. The van der Waals surface area contributed by atoms with E-state index in [0.29, 0.717) is 49.4 Å². The number of aromatic nitrogens is 1. The summed E-state index contributed by atoms with van der Waals surface area (Å²) >= 11 is 0. The lowest BCUT2D eigenvalue weighted by Gasteiger charge is -2.47. The van der Waals surface area contributed by atoms with Crippen LogP contribution in [-0.4, -0.2) is 81.2 Å². The number of guanidine groups is 1. The molecule has 1 aromatic heterocycles. The summed E-state index contributed by atoms with van der Waals surface area (Å²) in [5, 5.41) is 36.4. The summed E-state index contributed by atoms with van der Waals surface area (Å²) in [6, 6.07) is 12.7. The highest BCUT2D eigenvalue weighted by Gasteiger charge is 2.47. The summed E-state index contributed by atoms with van der Waals surface area (Å²) in [5.74, 6) is 1.58. The average Bonchev–Trinajstić information content (AvgIpc) is 3.19. The molecule has 14 heteroatoms. The molecule has 3 aromatic rings. The molecule has 2 fully saturated rings. The predicted molar refractivity (Wildman–Crippen MR) is 225 cm³/mol. The van der Waals surface area contributed by atoms with Crippen molar-refractivity contribution >= 4 is 33.5 Å². The van der Waals surface area contributed by atoms with Gasteiger partial charge in [-0.05, 0) is 79.1 Å². The minimum Gasteiger partial charge on any atom is -0.504 e. The number of hydrogen-bond acceptors (Lipinski definition) is 12. The molecule has 6 atom stereocenters. The minimum atomic E-state index is -0.577. The monoisotopic (exact) mass is 822 g/mol. The van der Waals surface area contributed by atoms with Crippen molar-refractivity contribution in [2.75, 3.05) is 25.2 Å². The van der Waals surface area contributed by atoms with Gasteiger partial charge in [0, 0.05) is 69.0 Å². The molecule has 0 radical (unpaired) electrons. The number of hydrogen-bond donors (Lipinski definition) is 5. The maximum absolute atomic E-state index is 12.5. The highest BCUT2D eigenvalue weighted by Crippen LogP contribution is 2.50. The van der Waals surface area contributed by atoms with Gasteiger partial charge in [0.25, 0.3) is 0 Å². The quantitative estimate of drug-likeness (QED) is 0.0299. The van der Waals surface area contributed by atoms with Crippen LogP contribution in [0.15, 0.2) is 59.9 Å². The molecule has 6 N–H and O–H groups in total. The number of rotatable bonds is 12. The zero-order valence-electron chi connectivity index (χ0n) is 33.3. The van der Waals surface area contributed by atoms with Gasteiger partial charge in [0.2, 0.25) is 5.75 Å². The minimum absolute atomic E-state index is 0.0993. The Morgan fingerprint density at radius 3 is 2.72 bits per heavy atom. The van der Waals surface area contributed by atoms with Gasteiger partial charge in [-0.15, -0.1) is 0 Å². The van der Waals surface area contributed by atoms with Crippen molar-refractivity contribution in [3.63, 3.8) is 0 Å². The Hall–Kier alpha value is -4.01. The van der Waals surface area contributed by atoms with E-state index in [1.807, 2.05) is 45.9 Å². The van der Waals surface area contributed by atoms with Crippen LogP contribution in [0.5, 0.6) is 28.7 Å². The first-order valence-corrected chi connectivity index (χ1v) is 22.6. The summed E-state index contributed by atoms with van der Waals surface area (Å²) < 4.78 is 25.8. The number of nitrogens with zero attached hydrogens (tertiary/aromatic N) is 2. The molecule has 4 bridgehead atoms. The molecular formula is C43H58N4O8S2. The number of nitrogens with two attached hydrogens (primary N) is 1. The first-order chi connectivity index (χ1) is 27.5. The Kier molecular flexibility index (Phi) is 14.7. The molecule has 1 saturated carbocycles. The van der Waals surface area contributed by atoms with E-state index in [1.165, 1.54) is 13.0 Å². The lowest BCUT2D eigenvalue weighted by molar-refractivity contribution is -0.173. The summed E-state index contributed by atoms with van der Waals surface area (Å²) in [5.41, 5.74) is 8.14. The number of benzene rings is 2. The van der Waals surface area contributed by atoms with Crippen molar-refractivity contribution in [2.45, 2.75) is 121 Å². The smallest absolute Gasteiger partial charge is 0.302 e. The van der Waals surface area contributed by atoms with Crippen molar-refractivity contribution in [1.82, 2.24) is 10.3 Å². The second-order valence-corrected chi connectivity index (χ2v) is 18.3. The number of phenols is 3. The Labute approximate surface area is 344 Å². The van der Waals surface area contributed by atoms with E-state index < -0.39 is 17.6 Å². The van der Waals surface area contributed by atoms with E-state index in [4.69, 9.17) is 24.7 Å². The van der Waals surface area contributed by atoms with Gasteiger partial charge in [-0.2, -0.15) is 0 Å². The maximum Gasteiger partial charge on any atom is 0.302 e. The van der Waals surface area contributed by atoms with Crippen LogP contribution in [-0.2, 0) is 27.1 Å². The molecule has 0 spiro atoms. The second kappa shape index (κ2) is 19.6. The normalized spacial score (nSPS) is 26.8. The van der Waals surface area contributed by atoms with Crippen molar-refractivity contribution < 1.29 is 39.1 Å². The number of aliphatic imine (C=N–C) groups is 1. The predicted octanol–water partition coefficient (Wildman–Crippen LogP) is 7.77.